The number of hydrogen-bond donors (Lipinski definition) is 0. The van der Waals surface area contributed by atoms with Crippen molar-refractivity contribution in [3.05, 3.63) is 35.1 Å². The molecule has 2 aliphatic rings. The fourth-order valence-corrected chi connectivity index (χ4v) is 3.24. The first-order valence-corrected chi connectivity index (χ1v) is 6.17. The van der Waals surface area contributed by atoms with Crippen LogP contribution in [0.4, 0.5) is 4.39 Å². The average molecular weight is 233 g/mol. The van der Waals surface area contributed by atoms with Crippen molar-refractivity contribution in [2.75, 3.05) is 20.1 Å². The predicted molar refractivity (Wildman–Crippen MR) is 63.7 cm³/mol. The number of carbonyl (C=O) groups is 1. The van der Waals surface area contributed by atoms with Gasteiger partial charge in [0.15, 0.2) is 5.78 Å². The average Bonchev–Trinajstić information content (AvgIpc) is 2.30. The number of benzene rings is 1. The largest absolute Gasteiger partial charge is 0.306 e. The predicted octanol–water partition coefficient (Wildman–Crippen LogP) is 2.45. The van der Waals surface area contributed by atoms with Crippen LogP contribution in [-0.2, 0) is 0 Å². The van der Waals surface area contributed by atoms with Crippen LogP contribution in [0, 0.1) is 11.7 Å². The molecule has 0 amide bonds. The molecular formula is C14H16FNO. The van der Waals surface area contributed by atoms with E-state index in [4.69, 9.17) is 0 Å². The highest BCUT2D eigenvalue weighted by molar-refractivity contribution is 5.99. The van der Waals surface area contributed by atoms with E-state index in [2.05, 4.69) is 11.9 Å². The molecule has 2 unspecified atom stereocenters. The van der Waals surface area contributed by atoms with Crippen LogP contribution in [0.2, 0.25) is 0 Å². The lowest BCUT2D eigenvalue weighted by Gasteiger charge is -2.40. The Morgan fingerprint density at radius 1 is 1.41 bits per heavy atom. The molecule has 3 rings (SSSR count). The molecule has 90 valence electrons. The fourth-order valence-electron chi connectivity index (χ4n) is 3.24. The number of Topliss-reactive ketones (excluding diaryl/α,β-unsaturated/α-hetero) is 1. The number of likely N-dealkylation sites (N-methyl/N-ethyl adjacent to an activating group) is 1. The first-order valence-electron chi connectivity index (χ1n) is 6.17. The zero-order valence-corrected chi connectivity index (χ0v) is 9.95. The lowest BCUT2D eigenvalue weighted by atomic mass is 9.71. The van der Waals surface area contributed by atoms with E-state index in [1.807, 2.05) is 6.07 Å². The number of ketones is 1. The molecule has 1 aromatic rings. The van der Waals surface area contributed by atoms with Crippen molar-refractivity contribution in [3.63, 3.8) is 0 Å². The summed E-state index contributed by atoms with van der Waals surface area (Å²) in [7, 11) is 2.09. The summed E-state index contributed by atoms with van der Waals surface area (Å²) in [4.78, 5) is 14.3. The molecule has 1 saturated heterocycles. The van der Waals surface area contributed by atoms with Gasteiger partial charge in [-0.2, -0.15) is 0 Å². The third-order valence-corrected chi connectivity index (χ3v) is 4.13. The Bertz CT molecular complexity index is 471. The molecular weight excluding hydrogens is 217 g/mol. The van der Waals surface area contributed by atoms with Crippen LogP contribution in [0.3, 0.4) is 0 Å². The lowest BCUT2D eigenvalue weighted by Crippen LogP contribution is -2.40. The van der Waals surface area contributed by atoms with Gasteiger partial charge < -0.3 is 4.90 Å². The fraction of sp³-hybridized carbons (Fsp3) is 0.500. The molecule has 1 aliphatic carbocycles. The highest BCUT2D eigenvalue weighted by Crippen LogP contribution is 2.41. The van der Waals surface area contributed by atoms with Gasteiger partial charge >= 0.3 is 0 Å². The van der Waals surface area contributed by atoms with Gasteiger partial charge in [-0.15, -0.1) is 0 Å². The number of nitrogens with zero attached hydrogens (tertiary/aromatic N) is 1. The van der Waals surface area contributed by atoms with Crippen molar-refractivity contribution >= 4 is 5.78 Å². The second kappa shape index (κ2) is 3.91. The van der Waals surface area contributed by atoms with Crippen molar-refractivity contribution in [2.45, 2.75) is 18.8 Å². The van der Waals surface area contributed by atoms with E-state index in [0.717, 1.165) is 25.1 Å². The Kier molecular flexibility index (Phi) is 2.51. The maximum Gasteiger partial charge on any atom is 0.166 e. The van der Waals surface area contributed by atoms with E-state index >= 15 is 0 Å². The minimum atomic E-state index is -0.348. The van der Waals surface area contributed by atoms with Crippen molar-refractivity contribution < 1.29 is 9.18 Å². The quantitative estimate of drug-likeness (QED) is 0.686. The standard InChI is InChI=1S/C14H16FNO/c1-16-6-5-9-7-13(17)14-10(11(9)8-16)3-2-4-12(14)15/h2-4,9,11H,5-8H2,1H3. The van der Waals surface area contributed by atoms with E-state index < -0.39 is 0 Å². The first kappa shape index (κ1) is 10.9. The molecule has 1 fully saturated rings. The van der Waals surface area contributed by atoms with E-state index in [9.17, 15) is 9.18 Å². The van der Waals surface area contributed by atoms with Crippen molar-refractivity contribution in [1.82, 2.24) is 4.90 Å². The molecule has 1 aromatic carbocycles. The van der Waals surface area contributed by atoms with E-state index in [1.165, 1.54) is 6.07 Å². The number of piperidine rings is 1. The number of likely N-dealkylation sites (tertiary alicyclic amines) is 1. The third-order valence-electron chi connectivity index (χ3n) is 4.13. The molecule has 1 heterocycles. The second-order valence-corrected chi connectivity index (χ2v) is 5.25. The summed E-state index contributed by atoms with van der Waals surface area (Å²) in [5.41, 5.74) is 1.28. The maximum absolute atomic E-state index is 13.7. The zero-order chi connectivity index (χ0) is 12.0. The number of fused-ring (bicyclic) bond motifs is 3. The molecule has 0 bridgehead atoms. The lowest BCUT2D eigenvalue weighted by molar-refractivity contribution is 0.0881. The normalized spacial score (nSPS) is 28.7. The SMILES string of the molecule is CN1CCC2CC(=O)c3c(F)cccc3C2C1. The minimum absolute atomic E-state index is 0.0103. The van der Waals surface area contributed by atoms with Crippen LogP contribution in [0.5, 0.6) is 0 Å². The summed E-state index contributed by atoms with van der Waals surface area (Å²) < 4.78 is 13.7. The van der Waals surface area contributed by atoms with Crippen molar-refractivity contribution in [3.8, 4) is 0 Å². The van der Waals surface area contributed by atoms with Crippen LogP contribution in [-0.4, -0.2) is 30.8 Å². The highest BCUT2D eigenvalue weighted by Gasteiger charge is 2.38. The molecule has 2 nitrogen and oxygen atoms in total. The van der Waals surface area contributed by atoms with Gasteiger partial charge in [-0.1, -0.05) is 12.1 Å². The summed E-state index contributed by atoms with van der Waals surface area (Å²) in [5, 5.41) is 0. The Morgan fingerprint density at radius 3 is 3.06 bits per heavy atom. The molecule has 17 heavy (non-hydrogen) atoms. The van der Waals surface area contributed by atoms with Gasteiger partial charge in [0.1, 0.15) is 5.82 Å². The Hall–Kier alpha value is -1.22. The Morgan fingerprint density at radius 2 is 2.24 bits per heavy atom. The van der Waals surface area contributed by atoms with Crippen LogP contribution in [0.15, 0.2) is 18.2 Å². The van der Waals surface area contributed by atoms with Crippen LogP contribution in [0.1, 0.15) is 34.7 Å². The highest BCUT2D eigenvalue weighted by atomic mass is 19.1. The van der Waals surface area contributed by atoms with Crippen LogP contribution >= 0.6 is 0 Å². The number of halogens is 1. The number of rotatable bonds is 0. The van der Waals surface area contributed by atoms with Crippen molar-refractivity contribution in [2.24, 2.45) is 5.92 Å². The van der Waals surface area contributed by atoms with E-state index in [-0.39, 0.29) is 11.6 Å². The van der Waals surface area contributed by atoms with Gasteiger partial charge in [0.05, 0.1) is 5.56 Å². The van der Waals surface area contributed by atoms with Crippen molar-refractivity contribution in [1.29, 1.82) is 0 Å². The van der Waals surface area contributed by atoms with E-state index in [0.29, 0.717) is 23.8 Å². The molecule has 3 heteroatoms. The van der Waals surface area contributed by atoms with Gasteiger partial charge in [-0.3, -0.25) is 4.79 Å². The van der Waals surface area contributed by atoms with Gasteiger partial charge in [0.25, 0.3) is 0 Å². The van der Waals surface area contributed by atoms with Crippen LogP contribution in [0.25, 0.3) is 0 Å². The zero-order valence-electron chi connectivity index (χ0n) is 9.95. The Balaban J connectivity index is 2.08. The first-order chi connectivity index (χ1) is 8.16. The molecule has 0 spiro atoms. The Labute approximate surface area is 100 Å². The second-order valence-electron chi connectivity index (χ2n) is 5.25. The third kappa shape index (κ3) is 1.69. The maximum atomic E-state index is 13.7. The summed E-state index contributed by atoms with van der Waals surface area (Å²) in [5.74, 6) is 0.383. The summed E-state index contributed by atoms with van der Waals surface area (Å²) in [6, 6.07) is 5.04. The molecule has 0 aromatic heterocycles. The van der Waals surface area contributed by atoms with Gasteiger partial charge in [0.2, 0.25) is 0 Å². The molecule has 0 N–H and O–H groups in total. The number of carbonyl (C=O) groups excluding carboxylic acids is 1. The molecule has 0 saturated carbocycles. The van der Waals surface area contributed by atoms with E-state index in [1.54, 1.807) is 6.07 Å². The molecule has 1 aliphatic heterocycles. The monoisotopic (exact) mass is 233 g/mol. The molecule has 0 radical (unpaired) electrons. The van der Waals surface area contributed by atoms with Gasteiger partial charge in [0, 0.05) is 18.9 Å². The summed E-state index contributed by atoms with van der Waals surface area (Å²) >= 11 is 0. The summed E-state index contributed by atoms with van der Waals surface area (Å²) in [6.07, 6.45) is 1.56. The topological polar surface area (TPSA) is 20.3 Å². The van der Waals surface area contributed by atoms with Gasteiger partial charge in [-0.25, -0.2) is 4.39 Å². The minimum Gasteiger partial charge on any atom is -0.306 e. The smallest absolute Gasteiger partial charge is 0.166 e. The van der Waals surface area contributed by atoms with Gasteiger partial charge in [-0.05, 0) is 37.6 Å². The van der Waals surface area contributed by atoms with Crippen LogP contribution < -0.4 is 0 Å². The summed E-state index contributed by atoms with van der Waals surface area (Å²) in [6.45, 7) is 1.98. The number of hydrogen-bond acceptors (Lipinski definition) is 2. The molecule has 2 atom stereocenters.